The highest BCUT2D eigenvalue weighted by Gasteiger charge is 2.32. The van der Waals surface area contributed by atoms with Crippen LogP contribution >= 0.6 is 0 Å². The first-order valence-corrected chi connectivity index (χ1v) is 8.74. The normalized spacial score (nSPS) is 22.1. The summed E-state index contributed by atoms with van der Waals surface area (Å²) in [5.41, 5.74) is 5.80. The van der Waals surface area contributed by atoms with Crippen LogP contribution in [0.2, 0.25) is 0 Å². The fraction of sp³-hybridized carbons (Fsp3) is 0.556. The van der Waals surface area contributed by atoms with Gasteiger partial charge in [0.2, 0.25) is 5.91 Å². The molecule has 2 aliphatic heterocycles. The average molecular weight is 351 g/mol. The number of nitrogens with zero attached hydrogens (tertiary/aromatic N) is 2. The number of hydrogen-bond donors (Lipinski definition) is 1. The van der Waals surface area contributed by atoms with E-state index < -0.39 is 17.5 Å². The Labute approximate surface area is 145 Å². The summed E-state index contributed by atoms with van der Waals surface area (Å²) in [6.45, 7) is 2.13. The molecular weight excluding hydrogens is 328 g/mol. The first kappa shape index (κ1) is 17.8. The molecule has 1 unspecified atom stereocenters. The first-order chi connectivity index (χ1) is 12.0. The number of halogens is 2. The summed E-state index contributed by atoms with van der Waals surface area (Å²) in [6.07, 6.45) is 2.98. The van der Waals surface area contributed by atoms with E-state index in [1.165, 1.54) is 11.0 Å². The summed E-state index contributed by atoms with van der Waals surface area (Å²) in [5, 5.41) is 0. The molecule has 0 aromatic heterocycles. The molecule has 1 aromatic carbocycles. The Morgan fingerprint density at radius 2 is 1.76 bits per heavy atom. The molecule has 25 heavy (non-hydrogen) atoms. The number of piperidine rings is 2. The van der Waals surface area contributed by atoms with Gasteiger partial charge in [0, 0.05) is 44.2 Å². The summed E-state index contributed by atoms with van der Waals surface area (Å²) in [4.78, 5) is 28.4. The minimum atomic E-state index is -0.856. The van der Waals surface area contributed by atoms with E-state index in [0.717, 1.165) is 25.5 Å². The molecule has 2 fully saturated rings. The molecule has 136 valence electrons. The highest BCUT2D eigenvalue weighted by molar-refractivity contribution is 5.94. The Morgan fingerprint density at radius 3 is 2.40 bits per heavy atom. The second kappa shape index (κ2) is 7.47. The Hall–Kier alpha value is -2.02. The number of carbonyl (C=O) groups is 2. The van der Waals surface area contributed by atoms with Gasteiger partial charge in [-0.05, 0) is 37.8 Å². The minimum absolute atomic E-state index is 0.0424. The van der Waals surface area contributed by atoms with Crippen LogP contribution in [0.25, 0.3) is 0 Å². The topological polar surface area (TPSA) is 66.6 Å². The monoisotopic (exact) mass is 351 g/mol. The SMILES string of the molecule is NC1CCCN(C(=O)C2CCN(C(=O)c3ccc(F)cc3F)CC2)C1. The summed E-state index contributed by atoms with van der Waals surface area (Å²) < 4.78 is 26.8. The van der Waals surface area contributed by atoms with Crippen LogP contribution in [0.5, 0.6) is 0 Å². The van der Waals surface area contributed by atoms with Crippen LogP contribution in [-0.2, 0) is 4.79 Å². The standard InChI is InChI=1S/C18H23F2N3O2/c19-13-3-4-15(16(20)10-13)18(25)22-8-5-12(6-9-22)17(24)23-7-1-2-14(21)11-23/h3-4,10,12,14H,1-2,5-9,11,21H2. The Kier molecular flexibility index (Phi) is 5.32. The lowest BCUT2D eigenvalue weighted by Crippen LogP contribution is -2.50. The molecule has 0 bridgehead atoms. The maximum Gasteiger partial charge on any atom is 0.256 e. The lowest BCUT2D eigenvalue weighted by molar-refractivity contribution is -0.138. The van der Waals surface area contributed by atoms with Gasteiger partial charge < -0.3 is 15.5 Å². The highest BCUT2D eigenvalue weighted by Crippen LogP contribution is 2.23. The van der Waals surface area contributed by atoms with Gasteiger partial charge in [0.1, 0.15) is 11.6 Å². The third-order valence-corrected chi connectivity index (χ3v) is 5.06. The van der Waals surface area contributed by atoms with Crippen molar-refractivity contribution >= 4 is 11.8 Å². The summed E-state index contributed by atoms with van der Waals surface area (Å²) in [5.74, 6) is -2.03. The lowest BCUT2D eigenvalue weighted by Gasteiger charge is -2.37. The molecular formula is C18H23F2N3O2. The van der Waals surface area contributed by atoms with Crippen LogP contribution in [0.3, 0.4) is 0 Å². The molecule has 0 aliphatic carbocycles. The van der Waals surface area contributed by atoms with Crippen molar-refractivity contribution in [2.75, 3.05) is 26.2 Å². The van der Waals surface area contributed by atoms with Gasteiger partial charge >= 0.3 is 0 Å². The van der Waals surface area contributed by atoms with Crippen LogP contribution in [0.1, 0.15) is 36.0 Å². The number of rotatable bonds is 2. The molecule has 3 rings (SSSR count). The number of likely N-dealkylation sites (tertiary alicyclic amines) is 2. The maximum atomic E-state index is 13.8. The molecule has 7 heteroatoms. The van der Waals surface area contributed by atoms with Gasteiger partial charge in [-0.2, -0.15) is 0 Å². The Balaban J connectivity index is 1.58. The minimum Gasteiger partial charge on any atom is -0.341 e. The molecule has 2 saturated heterocycles. The Morgan fingerprint density at radius 1 is 1.04 bits per heavy atom. The summed E-state index contributed by atoms with van der Waals surface area (Å²) in [7, 11) is 0. The van der Waals surface area contributed by atoms with Crippen molar-refractivity contribution in [3.63, 3.8) is 0 Å². The molecule has 0 spiro atoms. The van der Waals surface area contributed by atoms with Gasteiger partial charge in [-0.15, -0.1) is 0 Å². The van der Waals surface area contributed by atoms with Crippen molar-refractivity contribution in [3.05, 3.63) is 35.4 Å². The van der Waals surface area contributed by atoms with Crippen molar-refractivity contribution < 1.29 is 18.4 Å². The van der Waals surface area contributed by atoms with E-state index in [1.807, 2.05) is 4.90 Å². The number of benzene rings is 1. The van der Waals surface area contributed by atoms with Crippen molar-refractivity contribution in [2.24, 2.45) is 11.7 Å². The van der Waals surface area contributed by atoms with Crippen LogP contribution < -0.4 is 5.73 Å². The van der Waals surface area contributed by atoms with Crippen molar-refractivity contribution in [1.29, 1.82) is 0 Å². The molecule has 0 radical (unpaired) electrons. The predicted molar refractivity (Wildman–Crippen MR) is 88.8 cm³/mol. The number of carbonyl (C=O) groups excluding carboxylic acids is 2. The van der Waals surface area contributed by atoms with Crippen molar-refractivity contribution in [1.82, 2.24) is 9.80 Å². The molecule has 2 heterocycles. The van der Waals surface area contributed by atoms with Gasteiger partial charge in [0.25, 0.3) is 5.91 Å². The van der Waals surface area contributed by atoms with Crippen LogP contribution in [-0.4, -0.2) is 53.8 Å². The van der Waals surface area contributed by atoms with Gasteiger partial charge in [0.15, 0.2) is 0 Å². The van der Waals surface area contributed by atoms with E-state index in [1.54, 1.807) is 0 Å². The Bertz CT molecular complexity index is 660. The van der Waals surface area contributed by atoms with Gasteiger partial charge in [-0.1, -0.05) is 0 Å². The van der Waals surface area contributed by atoms with Gasteiger partial charge in [0.05, 0.1) is 5.56 Å². The second-order valence-corrected chi connectivity index (χ2v) is 6.88. The summed E-state index contributed by atoms with van der Waals surface area (Å²) >= 11 is 0. The first-order valence-electron chi connectivity index (χ1n) is 8.74. The molecule has 0 saturated carbocycles. The molecule has 1 aromatic rings. The molecule has 2 amide bonds. The van der Waals surface area contributed by atoms with Crippen molar-refractivity contribution in [2.45, 2.75) is 31.7 Å². The average Bonchev–Trinajstić information content (AvgIpc) is 2.61. The molecule has 2 N–H and O–H groups in total. The largest absolute Gasteiger partial charge is 0.341 e. The van der Waals surface area contributed by atoms with E-state index in [4.69, 9.17) is 5.73 Å². The maximum absolute atomic E-state index is 13.8. The number of hydrogen-bond acceptors (Lipinski definition) is 3. The zero-order valence-corrected chi connectivity index (χ0v) is 14.1. The van der Waals surface area contributed by atoms with Gasteiger partial charge in [-0.25, -0.2) is 8.78 Å². The van der Waals surface area contributed by atoms with Crippen LogP contribution in [0.15, 0.2) is 18.2 Å². The molecule has 1 atom stereocenters. The van der Waals surface area contributed by atoms with Crippen molar-refractivity contribution in [3.8, 4) is 0 Å². The summed E-state index contributed by atoms with van der Waals surface area (Å²) in [6, 6.07) is 3.00. The smallest absolute Gasteiger partial charge is 0.256 e. The van der Waals surface area contributed by atoms with E-state index >= 15 is 0 Å². The third kappa shape index (κ3) is 3.98. The fourth-order valence-electron chi connectivity index (χ4n) is 3.63. The molecule has 5 nitrogen and oxygen atoms in total. The predicted octanol–water partition coefficient (Wildman–Crippen LogP) is 1.77. The number of nitrogens with two attached hydrogens (primary N) is 1. The van der Waals surface area contributed by atoms with E-state index in [0.29, 0.717) is 38.5 Å². The second-order valence-electron chi connectivity index (χ2n) is 6.88. The fourth-order valence-corrected chi connectivity index (χ4v) is 3.63. The van der Waals surface area contributed by atoms with Crippen LogP contribution in [0, 0.1) is 17.6 Å². The quantitative estimate of drug-likeness (QED) is 0.883. The number of amides is 2. The van der Waals surface area contributed by atoms with Crippen LogP contribution in [0.4, 0.5) is 8.78 Å². The van der Waals surface area contributed by atoms with Gasteiger partial charge in [-0.3, -0.25) is 9.59 Å². The zero-order chi connectivity index (χ0) is 18.0. The third-order valence-electron chi connectivity index (χ3n) is 5.06. The lowest BCUT2D eigenvalue weighted by atomic mass is 9.93. The van der Waals surface area contributed by atoms with E-state index in [-0.39, 0.29) is 23.4 Å². The molecule has 2 aliphatic rings. The van der Waals surface area contributed by atoms with E-state index in [9.17, 15) is 18.4 Å². The van der Waals surface area contributed by atoms with E-state index in [2.05, 4.69) is 0 Å². The highest BCUT2D eigenvalue weighted by atomic mass is 19.1. The zero-order valence-electron chi connectivity index (χ0n) is 14.1.